The van der Waals surface area contributed by atoms with Crippen molar-refractivity contribution in [3.63, 3.8) is 0 Å². The first kappa shape index (κ1) is 18.2. The van der Waals surface area contributed by atoms with Gasteiger partial charge in [0.25, 0.3) is 11.5 Å². The van der Waals surface area contributed by atoms with Gasteiger partial charge in [0.2, 0.25) is 0 Å². The number of ether oxygens (including phenoxy) is 1. The molecule has 1 atom stereocenters. The number of pyridine rings is 1. The minimum Gasteiger partial charge on any atom is -0.488 e. The van der Waals surface area contributed by atoms with E-state index in [1.165, 1.54) is 11.6 Å². The number of likely N-dealkylation sites (tertiary alicyclic amines) is 1. The summed E-state index contributed by atoms with van der Waals surface area (Å²) in [7, 11) is 1.74. The van der Waals surface area contributed by atoms with Gasteiger partial charge in [-0.3, -0.25) is 9.59 Å². The summed E-state index contributed by atoms with van der Waals surface area (Å²) in [5, 5.41) is 0. The van der Waals surface area contributed by atoms with Crippen molar-refractivity contribution >= 4 is 5.91 Å². The van der Waals surface area contributed by atoms with Gasteiger partial charge in [-0.2, -0.15) is 0 Å². The number of aromatic nitrogens is 1. The van der Waals surface area contributed by atoms with Crippen molar-refractivity contribution in [2.45, 2.75) is 40.2 Å². The minimum atomic E-state index is -0.0866. The summed E-state index contributed by atoms with van der Waals surface area (Å²) in [6.07, 6.45) is 0.681. The minimum absolute atomic E-state index is 0.0613. The van der Waals surface area contributed by atoms with E-state index in [0.29, 0.717) is 18.8 Å². The molecule has 1 unspecified atom stereocenters. The molecular weight excluding hydrogens is 328 g/mol. The van der Waals surface area contributed by atoms with Crippen LogP contribution in [0.2, 0.25) is 0 Å². The highest BCUT2D eigenvalue weighted by molar-refractivity contribution is 5.97. The number of hydrogen-bond acceptors (Lipinski definition) is 3. The van der Waals surface area contributed by atoms with Crippen molar-refractivity contribution in [2.75, 3.05) is 13.1 Å². The van der Waals surface area contributed by atoms with Gasteiger partial charge in [0, 0.05) is 37.3 Å². The molecule has 5 heteroatoms. The topological polar surface area (TPSA) is 51.5 Å². The van der Waals surface area contributed by atoms with Crippen LogP contribution in [0.15, 0.2) is 29.1 Å². The molecule has 0 aliphatic carbocycles. The lowest BCUT2D eigenvalue weighted by molar-refractivity contribution is 0.0771. The van der Waals surface area contributed by atoms with Gasteiger partial charge in [-0.05, 0) is 44.9 Å². The van der Waals surface area contributed by atoms with Crippen LogP contribution in [0, 0.1) is 27.7 Å². The molecule has 138 valence electrons. The van der Waals surface area contributed by atoms with E-state index in [-0.39, 0.29) is 17.6 Å². The highest BCUT2D eigenvalue weighted by Gasteiger charge is 2.29. The van der Waals surface area contributed by atoms with Crippen LogP contribution < -0.4 is 10.3 Å². The second kappa shape index (κ2) is 6.98. The monoisotopic (exact) mass is 354 g/mol. The van der Waals surface area contributed by atoms with Gasteiger partial charge in [-0.15, -0.1) is 0 Å². The van der Waals surface area contributed by atoms with Crippen molar-refractivity contribution in [2.24, 2.45) is 7.05 Å². The first-order valence-corrected chi connectivity index (χ1v) is 8.97. The molecule has 0 radical (unpaired) electrons. The van der Waals surface area contributed by atoms with Crippen molar-refractivity contribution in [1.82, 2.24) is 9.47 Å². The van der Waals surface area contributed by atoms with Crippen molar-refractivity contribution < 1.29 is 9.53 Å². The summed E-state index contributed by atoms with van der Waals surface area (Å²) in [5.41, 5.74) is 4.75. The van der Waals surface area contributed by atoms with E-state index < -0.39 is 0 Å². The first-order chi connectivity index (χ1) is 12.3. The smallest absolute Gasteiger partial charge is 0.254 e. The third-order valence-corrected chi connectivity index (χ3v) is 5.10. The maximum Gasteiger partial charge on any atom is 0.254 e. The quantitative estimate of drug-likeness (QED) is 0.852. The average molecular weight is 354 g/mol. The largest absolute Gasteiger partial charge is 0.488 e. The second-order valence-electron chi connectivity index (χ2n) is 7.28. The predicted octanol–water partition coefficient (Wildman–Crippen LogP) is 2.91. The molecule has 5 nitrogen and oxygen atoms in total. The SMILES string of the molecule is Cc1cc(C)c(C(=O)N2CCC(Oc3cc(C)n(C)c(=O)c3)C2)c(C)c1. The Balaban J connectivity index is 1.73. The molecule has 26 heavy (non-hydrogen) atoms. The molecule has 1 aromatic heterocycles. The summed E-state index contributed by atoms with van der Waals surface area (Å²) in [4.78, 5) is 26.7. The van der Waals surface area contributed by atoms with E-state index in [0.717, 1.165) is 28.8 Å². The van der Waals surface area contributed by atoms with E-state index in [1.807, 2.05) is 50.8 Å². The van der Waals surface area contributed by atoms with E-state index in [9.17, 15) is 9.59 Å². The lowest BCUT2D eigenvalue weighted by Gasteiger charge is -2.20. The Morgan fingerprint density at radius 3 is 2.35 bits per heavy atom. The Morgan fingerprint density at radius 2 is 1.73 bits per heavy atom. The summed E-state index contributed by atoms with van der Waals surface area (Å²) < 4.78 is 7.56. The number of nitrogens with zero attached hydrogens (tertiary/aromatic N) is 2. The molecule has 1 aromatic carbocycles. The zero-order valence-corrected chi connectivity index (χ0v) is 16.1. The highest BCUT2D eigenvalue weighted by Crippen LogP contribution is 2.23. The van der Waals surface area contributed by atoms with Gasteiger partial charge in [-0.25, -0.2) is 0 Å². The molecule has 0 bridgehead atoms. The Hall–Kier alpha value is -2.56. The van der Waals surface area contributed by atoms with Crippen molar-refractivity contribution in [3.05, 3.63) is 62.6 Å². The van der Waals surface area contributed by atoms with Gasteiger partial charge < -0.3 is 14.2 Å². The number of rotatable bonds is 3. The molecule has 3 rings (SSSR count). The van der Waals surface area contributed by atoms with Crippen molar-refractivity contribution in [1.29, 1.82) is 0 Å². The summed E-state index contributed by atoms with van der Waals surface area (Å²) >= 11 is 0. The molecule has 1 amide bonds. The zero-order valence-electron chi connectivity index (χ0n) is 16.1. The van der Waals surface area contributed by atoms with Crippen LogP contribution in [0.4, 0.5) is 0 Å². The number of hydrogen-bond donors (Lipinski definition) is 0. The molecule has 1 saturated heterocycles. The van der Waals surface area contributed by atoms with Crippen LogP contribution in [-0.2, 0) is 7.05 Å². The van der Waals surface area contributed by atoms with Gasteiger partial charge >= 0.3 is 0 Å². The summed E-state index contributed by atoms with van der Waals surface area (Å²) in [6.45, 7) is 9.10. The number of benzene rings is 1. The van der Waals surface area contributed by atoms with Gasteiger partial charge in [0.05, 0.1) is 6.54 Å². The molecule has 1 aliphatic rings. The maximum atomic E-state index is 13.0. The van der Waals surface area contributed by atoms with Crippen LogP contribution in [0.5, 0.6) is 5.75 Å². The first-order valence-electron chi connectivity index (χ1n) is 8.97. The Kier molecular flexibility index (Phi) is 4.90. The third kappa shape index (κ3) is 3.52. The van der Waals surface area contributed by atoms with Gasteiger partial charge in [0.1, 0.15) is 11.9 Å². The second-order valence-corrected chi connectivity index (χ2v) is 7.28. The number of carbonyl (C=O) groups excluding carboxylic acids is 1. The number of aryl methyl sites for hydroxylation is 4. The fourth-order valence-corrected chi connectivity index (χ4v) is 3.68. The predicted molar refractivity (Wildman–Crippen MR) is 102 cm³/mol. The Morgan fingerprint density at radius 1 is 1.08 bits per heavy atom. The van der Waals surface area contributed by atoms with E-state index in [1.54, 1.807) is 11.6 Å². The van der Waals surface area contributed by atoms with E-state index in [4.69, 9.17) is 4.74 Å². The molecule has 0 N–H and O–H groups in total. The third-order valence-electron chi connectivity index (χ3n) is 5.10. The lowest BCUT2D eigenvalue weighted by Crippen LogP contribution is -2.32. The normalized spacial score (nSPS) is 16.8. The summed E-state index contributed by atoms with van der Waals surface area (Å²) in [5.74, 6) is 0.638. The van der Waals surface area contributed by atoms with Gasteiger partial charge in [-0.1, -0.05) is 17.7 Å². The average Bonchev–Trinajstić information content (AvgIpc) is 3.00. The lowest BCUT2D eigenvalue weighted by atomic mass is 9.99. The van der Waals surface area contributed by atoms with Crippen LogP contribution in [0.1, 0.15) is 39.2 Å². The zero-order chi connectivity index (χ0) is 19.0. The van der Waals surface area contributed by atoms with Crippen LogP contribution in [0.3, 0.4) is 0 Å². The van der Waals surface area contributed by atoms with Crippen LogP contribution in [-0.4, -0.2) is 34.6 Å². The van der Waals surface area contributed by atoms with E-state index in [2.05, 4.69) is 0 Å². The standard InChI is InChI=1S/C21H26N2O3/c1-13-8-14(2)20(15(3)9-13)21(25)23-7-6-17(12-23)26-18-10-16(4)22(5)19(24)11-18/h8-11,17H,6-7,12H2,1-5H3. The van der Waals surface area contributed by atoms with E-state index >= 15 is 0 Å². The molecular formula is C21H26N2O3. The fraction of sp³-hybridized carbons (Fsp3) is 0.429. The molecule has 2 heterocycles. The molecule has 2 aromatic rings. The molecule has 1 aliphatic heterocycles. The molecule has 0 saturated carbocycles. The van der Waals surface area contributed by atoms with Gasteiger partial charge in [0.15, 0.2) is 0 Å². The number of amides is 1. The Bertz CT molecular complexity index is 891. The van der Waals surface area contributed by atoms with Crippen LogP contribution in [0.25, 0.3) is 0 Å². The highest BCUT2D eigenvalue weighted by atomic mass is 16.5. The van der Waals surface area contributed by atoms with Crippen LogP contribution >= 0.6 is 0 Å². The Labute approximate surface area is 154 Å². The molecule has 1 fully saturated rings. The number of carbonyl (C=O) groups is 1. The molecule has 0 spiro atoms. The summed E-state index contributed by atoms with van der Waals surface area (Å²) in [6, 6.07) is 7.46. The van der Waals surface area contributed by atoms with Crippen molar-refractivity contribution in [3.8, 4) is 5.75 Å². The maximum absolute atomic E-state index is 13.0. The fourth-order valence-electron chi connectivity index (χ4n) is 3.68.